The van der Waals surface area contributed by atoms with Crippen molar-refractivity contribution in [1.82, 2.24) is 0 Å². The molecule has 3 aromatic rings. The number of fused-ring (bicyclic) bond motifs is 1. The summed E-state index contributed by atoms with van der Waals surface area (Å²) in [6.45, 7) is 1.75. The van der Waals surface area contributed by atoms with E-state index in [1.807, 2.05) is 74.8 Å². The van der Waals surface area contributed by atoms with E-state index < -0.39 is 6.10 Å². The van der Waals surface area contributed by atoms with Crippen molar-refractivity contribution in [3.8, 4) is 5.75 Å². The Balaban J connectivity index is 1.83. The number of carbonyl (C=O) groups excluding carboxylic acids is 1. The van der Waals surface area contributed by atoms with Gasteiger partial charge in [-0.2, -0.15) is 0 Å². The van der Waals surface area contributed by atoms with Crippen LogP contribution in [0, 0.1) is 0 Å². The van der Waals surface area contributed by atoms with E-state index in [1.165, 1.54) is 0 Å². The first-order valence-corrected chi connectivity index (χ1v) is 8.28. The van der Waals surface area contributed by atoms with Crippen LogP contribution in [0.25, 0.3) is 10.8 Å². The highest BCUT2D eigenvalue weighted by atomic mass is 16.5. The van der Waals surface area contributed by atoms with Gasteiger partial charge in [0.1, 0.15) is 5.75 Å². The lowest BCUT2D eigenvalue weighted by atomic mass is 10.1. The molecule has 0 aliphatic carbocycles. The van der Waals surface area contributed by atoms with E-state index in [2.05, 4.69) is 16.3 Å². The minimum atomic E-state index is -0.588. The maximum atomic E-state index is 12.5. The molecule has 0 saturated carbocycles. The SMILES string of the molecule is C[C@H](Oc1ccccc1)C(=O)Nc1ccc(N(C)C)c2ccccc12. The van der Waals surface area contributed by atoms with E-state index in [0.717, 1.165) is 22.1 Å². The molecule has 0 aromatic heterocycles. The van der Waals surface area contributed by atoms with E-state index in [4.69, 9.17) is 4.74 Å². The van der Waals surface area contributed by atoms with Crippen LogP contribution in [0.3, 0.4) is 0 Å². The van der Waals surface area contributed by atoms with Crippen molar-refractivity contribution >= 4 is 28.1 Å². The maximum Gasteiger partial charge on any atom is 0.265 e. The Bertz CT molecular complexity index is 875. The van der Waals surface area contributed by atoms with Gasteiger partial charge in [-0.1, -0.05) is 42.5 Å². The van der Waals surface area contributed by atoms with E-state index in [0.29, 0.717) is 5.75 Å². The Morgan fingerprint density at radius 1 is 0.920 bits per heavy atom. The molecule has 0 unspecified atom stereocenters. The largest absolute Gasteiger partial charge is 0.481 e. The van der Waals surface area contributed by atoms with Crippen molar-refractivity contribution in [3.63, 3.8) is 0 Å². The maximum absolute atomic E-state index is 12.5. The van der Waals surface area contributed by atoms with E-state index in [1.54, 1.807) is 6.92 Å². The minimum absolute atomic E-state index is 0.174. The smallest absolute Gasteiger partial charge is 0.265 e. The van der Waals surface area contributed by atoms with E-state index in [9.17, 15) is 4.79 Å². The van der Waals surface area contributed by atoms with Gasteiger partial charge < -0.3 is 15.0 Å². The topological polar surface area (TPSA) is 41.6 Å². The van der Waals surface area contributed by atoms with Gasteiger partial charge in [-0.25, -0.2) is 0 Å². The van der Waals surface area contributed by atoms with Gasteiger partial charge in [0.15, 0.2) is 6.10 Å². The Hall–Kier alpha value is -3.01. The molecule has 3 rings (SSSR count). The highest BCUT2D eigenvalue weighted by Crippen LogP contribution is 2.31. The second-order valence-corrected chi connectivity index (χ2v) is 6.13. The molecule has 1 amide bonds. The number of nitrogens with zero attached hydrogens (tertiary/aromatic N) is 1. The number of ether oxygens (including phenoxy) is 1. The fourth-order valence-corrected chi connectivity index (χ4v) is 2.77. The zero-order valence-electron chi connectivity index (χ0n) is 14.7. The number of amides is 1. The third kappa shape index (κ3) is 3.74. The van der Waals surface area contributed by atoms with Gasteiger partial charge >= 0.3 is 0 Å². The molecule has 0 radical (unpaired) electrons. The van der Waals surface area contributed by atoms with Crippen molar-refractivity contribution in [1.29, 1.82) is 0 Å². The molecule has 1 N–H and O–H groups in total. The molecule has 25 heavy (non-hydrogen) atoms. The van der Waals surface area contributed by atoms with Crippen LogP contribution in [0.4, 0.5) is 11.4 Å². The van der Waals surface area contributed by atoms with Crippen LogP contribution in [-0.4, -0.2) is 26.1 Å². The summed E-state index contributed by atoms with van der Waals surface area (Å²) in [7, 11) is 4.02. The summed E-state index contributed by atoms with van der Waals surface area (Å²) in [5.41, 5.74) is 1.90. The molecule has 0 fully saturated rings. The standard InChI is InChI=1S/C21H22N2O2/c1-15(25-16-9-5-4-6-10-16)21(24)22-19-13-14-20(23(2)3)18-12-8-7-11-17(18)19/h4-15H,1-3H3,(H,22,24)/t15-/m0/s1. The number of hydrogen-bond acceptors (Lipinski definition) is 3. The number of nitrogens with one attached hydrogen (secondary N) is 1. The third-order valence-corrected chi connectivity index (χ3v) is 4.07. The number of carbonyl (C=O) groups is 1. The molecule has 4 nitrogen and oxygen atoms in total. The first-order chi connectivity index (χ1) is 12.1. The molecule has 128 valence electrons. The van der Waals surface area contributed by atoms with E-state index >= 15 is 0 Å². The summed E-state index contributed by atoms with van der Waals surface area (Å²) in [5, 5.41) is 5.10. The second kappa shape index (κ2) is 7.26. The van der Waals surface area contributed by atoms with Crippen LogP contribution in [-0.2, 0) is 4.79 Å². The Morgan fingerprint density at radius 3 is 2.24 bits per heavy atom. The van der Waals surface area contributed by atoms with Gasteiger partial charge in [-0.05, 0) is 31.2 Å². The molecule has 0 bridgehead atoms. The number of rotatable bonds is 5. The molecule has 0 heterocycles. The lowest BCUT2D eigenvalue weighted by Gasteiger charge is -2.19. The molecule has 1 atom stereocenters. The summed E-state index contributed by atoms with van der Waals surface area (Å²) in [4.78, 5) is 14.6. The van der Waals surface area contributed by atoms with Crippen LogP contribution in [0.2, 0.25) is 0 Å². The highest BCUT2D eigenvalue weighted by molar-refractivity contribution is 6.07. The van der Waals surface area contributed by atoms with Crippen molar-refractivity contribution in [2.24, 2.45) is 0 Å². The summed E-state index contributed by atoms with van der Waals surface area (Å²) in [6, 6.07) is 21.4. The summed E-state index contributed by atoms with van der Waals surface area (Å²) in [6.07, 6.45) is -0.588. The van der Waals surface area contributed by atoms with Crippen molar-refractivity contribution in [2.45, 2.75) is 13.0 Å². The monoisotopic (exact) mass is 334 g/mol. The number of anilines is 2. The highest BCUT2D eigenvalue weighted by Gasteiger charge is 2.16. The lowest BCUT2D eigenvalue weighted by Crippen LogP contribution is -2.30. The van der Waals surface area contributed by atoms with Gasteiger partial charge in [0.25, 0.3) is 5.91 Å². The van der Waals surface area contributed by atoms with Crippen LogP contribution in [0.15, 0.2) is 66.7 Å². The molecule has 0 saturated heterocycles. The van der Waals surface area contributed by atoms with Gasteiger partial charge in [0.2, 0.25) is 0 Å². The Kier molecular flexibility index (Phi) is 4.89. The predicted octanol–water partition coefficient (Wildman–Crippen LogP) is 4.31. The molecule has 0 spiro atoms. The van der Waals surface area contributed by atoms with Gasteiger partial charge in [0.05, 0.1) is 0 Å². The average Bonchev–Trinajstić information content (AvgIpc) is 2.62. The zero-order valence-corrected chi connectivity index (χ0v) is 14.7. The molecular formula is C21H22N2O2. The van der Waals surface area contributed by atoms with Crippen molar-refractivity contribution in [2.75, 3.05) is 24.3 Å². The molecule has 0 aliphatic heterocycles. The summed E-state index contributed by atoms with van der Waals surface area (Å²) in [5.74, 6) is 0.504. The van der Waals surface area contributed by atoms with Gasteiger partial charge in [-0.3, -0.25) is 4.79 Å². The zero-order chi connectivity index (χ0) is 17.8. The molecular weight excluding hydrogens is 312 g/mol. The molecule has 3 aromatic carbocycles. The lowest BCUT2D eigenvalue weighted by molar-refractivity contribution is -0.122. The number of para-hydroxylation sites is 1. The fourth-order valence-electron chi connectivity index (χ4n) is 2.77. The number of hydrogen-bond donors (Lipinski definition) is 1. The Labute approximate surface area is 148 Å². The quantitative estimate of drug-likeness (QED) is 0.756. The predicted molar refractivity (Wildman–Crippen MR) is 103 cm³/mol. The van der Waals surface area contributed by atoms with Gasteiger partial charge in [-0.15, -0.1) is 0 Å². The third-order valence-electron chi connectivity index (χ3n) is 4.07. The van der Waals surface area contributed by atoms with Crippen LogP contribution >= 0.6 is 0 Å². The van der Waals surface area contributed by atoms with Crippen molar-refractivity contribution in [3.05, 3.63) is 66.7 Å². The second-order valence-electron chi connectivity index (χ2n) is 6.13. The summed E-state index contributed by atoms with van der Waals surface area (Å²) >= 11 is 0. The first-order valence-electron chi connectivity index (χ1n) is 8.28. The van der Waals surface area contributed by atoms with Crippen LogP contribution < -0.4 is 15.0 Å². The fraction of sp³-hybridized carbons (Fsp3) is 0.190. The van der Waals surface area contributed by atoms with E-state index in [-0.39, 0.29) is 5.91 Å². The minimum Gasteiger partial charge on any atom is -0.481 e. The summed E-state index contributed by atoms with van der Waals surface area (Å²) < 4.78 is 5.70. The average molecular weight is 334 g/mol. The van der Waals surface area contributed by atoms with Crippen LogP contribution in [0.5, 0.6) is 5.75 Å². The van der Waals surface area contributed by atoms with Crippen molar-refractivity contribution < 1.29 is 9.53 Å². The molecule has 0 aliphatic rings. The molecule has 4 heteroatoms. The van der Waals surface area contributed by atoms with Crippen LogP contribution in [0.1, 0.15) is 6.92 Å². The van der Waals surface area contributed by atoms with Gasteiger partial charge in [0, 0.05) is 36.2 Å². The normalized spacial score (nSPS) is 11.8. The number of benzene rings is 3. The Morgan fingerprint density at radius 2 is 1.56 bits per heavy atom. The first kappa shape index (κ1) is 16.8.